The minimum atomic E-state index is -0.930. The topological polar surface area (TPSA) is 49.8 Å². The van der Waals surface area contributed by atoms with Gasteiger partial charge in [0.05, 0.1) is 31.7 Å². The Bertz CT molecular complexity index is 673. The quantitative estimate of drug-likeness (QED) is 0.721. The van der Waals surface area contributed by atoms with Crippen molar-refractivity contribution in [1.82, 2.24) is 4.90 Å². The summed E-state index contributed by atoms with van der Waals surface area (Å²) in [4.78, 5) is 1.95. The Morgan fingerprint density at radius 2 is 1.52 bits per heavy atom. The molecule has 0 spiro atoms. The summed E-state index contributed by atoms with van der Waals surface area (Å²) in [6.45, 7) is 1.26. The fourth-order valence-electron chi connectivity index (χ4n) is 2.52. The van der Waals surface area contributed by atoms with E-state index in [2.05, 4.69) is 0 Å². The molecular weight excluding hydrogens is 297 g/mol. The van der Waals surface area contributed by atoms with Crippen molar-refractivity contribution < 1.29 is 18.3 Å². The lowest BCUT2D eigenvalue weighted by Gasteiger charge is -2.23. The highest BCUT2D eigenvalue weighted by atomic mass is 19.1. The molecule has 0 radical (unpaired) electrons. The molecule has 1 N–H and O–H groups in total. The Kier molecular flexibility index (Phi) is 4.90. The molecule has 5 heteroatoms. The summed E-state index contributed by atoms with van der Waals surface area (Å²) in [5.41, 5.74) is 0.288. The average molecular weight is 315 g/mol. The molecule has 3 aromatic rings. The largest absolute Gasteiger partial charge is 0.468 e. The highest BCUT2D eigenvalue weighted by Gasteiger charge is 2.18. The van der Waals surface area contributed by atoms with Crippen LogP contribution in [0.25, 0.3) is 0 Å². The molecule has 3 rings (SSSR count). The first-order valence-corrected chi connectivity index (χ1v) is 7.42. The highest BCUT2D eigenvalue weighted by molar-refractivity contribution is 5.20. The third-order valence-corrected chi connectivity index (χ3v) is 3.61. The molecule has 0 fully saturated rings. The van der Waals surface area contributed by atoms with Crippen molar-refractivity contribution in [3.8, 4) is 0 Å². The molecular formula is C18H18FNO3. The van der Waals surface area contributed by atoms with Gasteiger partial charge in [-0.05, 0) is 30.3 Å². The Morgan fingerprint density at radius 1 is 0.913 bits per heavy atom. The maximum absolute atomic E-state index is 13.8. The summed E-state index contributed by atoms with van der Waals surface area (Å²) in [5.74, 6) is 1.14. The molecule has 1 unspecified atom stereocenters. The van der Waals surface area contributed by atoms with E-state index < -0.39 is 11.9 Å². The second-order valence-electron chi connectivity index (χ2n) is 5.37. The summed E-state index contributed by atoms with van der Waals surface area (Å²) in [5, 5.41) is 10.4. The lowest BCUT2D eigenvalue weighted by atomic mass is 10.1. The van der Waals surface area contributed by atoms with Gasteiger partial charge in [-0.1, -0.05) is 18.2 Å². The van der Waals surface area contributed by atoms with Crippen molar-refractivity contribution in [3.05, 3.63) is 84.0 Å². The van der Waals surface area contributed by atoms with Gasteiger partial charge in [0.15, 0.2) is 0 Å². The lowest BCUT2D eigenvalue weighted by Crippen LogP contribution is -2.28. The average Bonchev–Trinajstić information content (AvgIpc) is 3.21. The minimum absolute atomic E-state index is 0.266. The SMILES string of the molecule is OC(CN(Cc1ccco1)Cc1ccco1)c1ccccc1F. The molecule has 120 valence electrons. The smallest absolute Gasteiger partial charge is 0.129 e. The molecule has 2 heterocycles. The minimum Gasteiger partial charge on any atom is -0.468 e. The lowest BCUT2D eigenvalue weighted by molar-refractivity contribution is 0.0935. The van der Waals surface area contributed by atoms with E-state index in [0.717, 1.165) is 11.5 Å². The van der Waals surface area contributed by atoms with Crippen molar-refractivity contribution in [2.24, 2.45) is 0 Å². The third kappa shape index (κ3) is 4.09. The van der Waals surface area contributed by atoms with Gasteiger partial charge in [-0.2, -0.15) is 0 Å². The zero-order valence-electron chi connectivity index (χ0n) is 12.6. The fraction of sp³-hybridized carbons (Fsp3) is 0.222. The van der Waals surface area contributed by atoms with E-state index in [1.165, 1.54) is 6.07 Å². The van der Waals surface area contributed by atoms with E-state index in [9.17, 15) is 9.50 Å². The molecule has 0 bridgehead atoms. The maximum atomic E-state index is 13.8. The predicted molar refractivity (Wildman–Crippen MR) is 82.9 cm³/mol. The molecule has 1 aromatic carbocycles. The van der Waals surface area contributed by atoms with Crippen LogP contribution in [0.1, 0.15) is 23.2 Å². The molecule has 23 heavy (non-hydrogen) atoms. The van der Waals surface area contributed by atoms with Crippen molar-refractivity contribution in [3.63, 3.8) is 0 Å². The van der Waals surface area contributed by atoms with Gasteiger partial charge in [0.25, 0.3) is 0 Å². The van der Waals surface area contributed by atoms with E-state index in [0.29, 0.717) is 13.1 Å². The zero-order chi connectivity index (χ0) is 16.1. The van der Waals surface area contributed by atoms with Crippen LogP contribution in [0.15, 0.2) is 69.9 Å². The summed E-state index contributed by atoms with van der Waals surface area (Å²) >= 11 is 0. The number of nitrogens with zero attached hydrogens (tertiary/aromatic N) is 1. The number of rotatable bonds is 7. The molecule has 0 aliphatic carbocycles. The van der Waals surface area contributed by atoms with Crippen LogP contribution in [-0.4, -0.2) is 16.6 Å². The van der Waals surface area contributed by atoms with Gasteiger partial charge < -0.3 is 13.9 Å². The van der Waals surface area contributed by atoms with Gasteiger partial charge in [0, 0.05) is 12.1 Å². The maximum Gasteiger partial charge on any atom is 0.129 e. The van der Waals surface area contributed by atoms with Gasteiger partial charge >= 0.3 is 0 Å². The molecule has 0 amide bonds. The third-order valence-electron chi connectivity index (χ3n) is 3.61. The normalized spacial score (nSPS) is 12.7. The van der Waals surface area contributed by atoms with Gasteiger partial charge in [-0.15, -0.1) is 0 Å². The van der Waals surface area contributed by atoms with E-state index >= 15 is 0 Å². The van der Waals surface area contributed by atoms with E-state index in [1.807, 2.05) is 29.2 Å². The number of hydrogen-bond acceptors (Lipinski definition) is 4. The van der Waals surface area contributed by atoms with Crippen LogP contribution < -0.4 is 0 Å². The van der Waals surface area contributed by atoms with Crippen LogP contribution in [0.5, 0.6) is 0 Å². The van der Waals surface area contributed by atoms with Crippen molar-refractivity contribution in [2.45, 2.75) is 19.2 Å². The second-order valence-corrected chi connectivity index (χ2v) is 5.37. The summed E-state index contributed by atoms with van der Waals surface area (Å²) in [6.07, 6.45) is 2.28. The van der Waals surface area contributed by atoms with Crippen LogP contribution in [0.4, 0.5) is 4.39 Å². The van der Waals surface area contributed by atoms with Crippen LogP contribution in [0.2, 0.25) is 0 Å². The van der Waals surface area contributed by atoms with E-state index in [-0.39, 0.29) is 12.1 Å². The van der Waals surface area contributed by atoms with Crippen molar-refractivity contribution in [2.75, 3.05) is 6.54 Å². The first kappa shape index (κ1) is 15.5. The zero-order valence-corrected chi connectivity index (χ0v) is 12.6. The van der Waals surface area contributed by atoms with Crippen LogP contribution in [0, 0.1) is 5.82 Å². The number of furan rings is 2. The van der Waals surface area contributed by atoms with Crippen LogP contribution in [-0.2, 0) is 13.1 Å². The number of aliphatic hydroxyl groups is 1. The summed E-state index contributed by atoms with van der Waals surface area (Å²) < 4.78 is 24.6. The molecule has 0 saturated heterocycles. The number of benzene rings is 1. The van der Waals surface area contributed by atoms with Crippen molar-refractivity contribution in [1.29, 1.82) is 0 Å². The highest BCUT2D eigenvalue weighted by Crippen LogP contribution is 2.20. The van der Waals surface area contributed by atoms with Gasteiger partial charge in [-0.25, -0.2) is 4.39 Å². The van der Waals surface area contributed by atoms with Gasteiger partial charge in [0.1, 0.15) is 17.3 Å². The Morgan fingerprint density at radius 3 is 2.04 bits per heavy atom. The summed E-state index contributed by atoms with van der Waals surface area (Å²) in [6, 6.07) is 13.6. The molecule has 0 aliphatic rings. The standard InChI is InChI=1S/C18H18FNO3/c19-17-8-2-1-7-16(17)18(21)13-20(11-14-5-3-9-22-14)12-15-6-4-10-23-15/h1-10,18,21H,11-13H2. The van der Waals surface area contributed by atoms with E-state index in [4.69, 9.17) is 8.83 Å². The molecule has 0 aliphatic heterocycles. The molecule has 1 atom stereocenters. The Hall–Kier alpha value is -2.37. The first-order chi connectivity index (χ1) is 11.2. The van der Waals surface area contributed by atoms with Gasteiger partial charge in [-0.3, -0.25) is 4.90 Å². The molecule has 4 nitrogen and oxygen atoms in total. The first-order valence-electron chi connectivity index (χ1n) is 7.42. The van der Waals surface area contributed by atoms with E-state index in [1.54, 1.807) is 30.7 Å². The molecule has 2 aromatic heterocycles. The summed E-state index contributed by atoms with van der Waals surface area (Å²) in [7, 11) is 0. The number of hydrogen-bond donors (Lipinski definition) is 1. The van der Waals surface area contributed by atoms with Gasteiger partial charge in [0.2, 0.25) is 0 Å². The van der Waals surface area contributed by atoms with Crippen LogP contribution >= 0.6 is 0 Å². The van der Waals surface area contributed by atoms with Crippen LogP contribution in [0.3, 0.4) is 0 Å². The molecule has 0 saturated carbocycles. The Labute approximate surface area is 133 Å². The fourth-order valence-corrected chi connectivity index (χ4v) is 2.52. The second kappa shape index (κ2) is 7.26. The van der Waals surface area contributed by atoms with Crippen molar-refractivity contribution >= 4 is 0 Å². The number of aliphatic hydroxyl groups excluding tert-OH is 1. The number of halogens is 1. The monoisotopic (exact) mass is 315 g/mol. The predicted octanol–water partition coefficient (Wildman–Crippen LogP) is 3.75. The Balaban J connectivity index is 1.73.